The minimum Gasteiger partial charge on any atom is -0.486 e. The molecule has 0 unspecified atom stereocenters. The Balaban J connectivity index is 2.09. The van der Waals surface area contributed by atoms with Crippen LogP contribution in [-0.4, -0.2) is 40.8 Å². The van der Waals surface area contributed by atoms with Crippen molar-refractivity contribution in [3.8, 4) is 5.75 Å². The lowest BCUT2D eigenvalue weighted by atomic mass is 10.2. The van der Waals surface area contributed by atoms with Crippen molar-refractivity contribution in [2.75, 3.05) is 18.5 Å². The molecule has 2 N–H and O–H groups in total. The molecule has 1 aliphatic carbocycles. The maximum Gasteiger partial charge on any atom is 0.322 e. The lowest BCUT2D eigenvalue weighted by Gasteiger charge is -2.25. The van der Waals surface area contributed by atoms with Gasteiger partial charge >= 0.3 is 6.03 Å². The summed E-state index contributed by atoms with van der Waals surface area (Å²) in [5.41, 5.74) is 0.322. The monoisotopic (exact) mass is 292 g/mol. The number of nitrogens with one attached hydrogen (secondary N) is 1. The van der Waals surface area contributed by atoms with Gasteiger partial charge in [0.25, 0.3) is 0 Å². The first kappa shape index (κ1) is 15.6. The average molecular weight is 292 g/mol. The Hall–Kier alpha value is -1.75. The molecule has 1 aromatic carbocycles. The number of carbonyl (C=O) groups is 1. The van der Waals surface area contributed by atoms with Crippen LogP contribution in [0.5, 0.6) is 5.75 Å². The van der Waals surface area contributed by atoms with Crippen LogP contribution in [0.4, 0.5) is 10.5 Å². The Bertz CT molecular complexity index is 493. The number of hydrogen-bond acceptors (Lipinski definition) is 3. The van der Waals surface area contributed by atoms with Gasteiger partial charge in [0.2, 0.25) is 0 Å². The van der Waals surface area contributed by atoms with E-state index in [2.05, 4.69) is 5.32 Å². The van der Waals surface area contributed by atoms with E-state index in [0.29, 0.717) is 18.0 Å². The summed E-state index contributed by atoms with van der Waals surface area (Å²) in [5.74, 6) is 0.651. The highest BCUT2D eigenvalue weighted by atomic mass is 16.5. The summed E-state index contributed by atoms with van der Waals surface area (Å²) >= 11 is 0. The summed E-state index contributed by atoms with van der Waals surface area (Å²) in [6, 6.07) is 7.48. The van der Waals surface area contributed by atoms with Crippen LogP contribution in [0.1, 0.15) is 33.6 Å². The zero-order valence-corrected chi connectivity index (χ0v) is 12.9. The SMILES string of the molecule is CC(C)(C)Oc1ccccc1NC(=O)N(CCO)C1CC1. The first-order valence-electron chi connectivity index (χ1n) is 7.37. The summed E-state index contributed by atoms with van der Waals surface area (Å²) in [6.45, 7) is 6.23. The van der Waals surface area contributed by atoms with E-state index in [9.17, 15) is 4.79 Å². The smallest absolute Gasteiger partial charge is 0.322 e. The fourth-order valence-electron chi connectivity index (χ4n) is 2.12. The quantitative estimate of drug-likeness (QED) is 0.877. The molecule has 1 aromatic rings. The number of rotatable bonds is 5. The minimum absolute atomic E-state index is 0.0238. The third-order valence-electron chi connectivity index (χ3n) is 3.13. The average Bonchev–Trinajstić information content (AvgIpc) is 3.20. The Labute approximate surface area is 125 Å². The molecule has 0 saturated heterocycles. The number of aliphatic hydroxyl groups is 1. The van der Waals surface area contributed by atoms with E-state index in [1.165, 1.54) is 0 Å². The van der Waals surface area contributed by atoms with Crippen molar-refractivity contribution in [1.29, 1.82) is 0 Å². The first-order chi connectivity index (χ1) is 9.90. The number of amides is 2. The fraction of sp³-hybridized carbons (Fsp3) is 0.562. The highest BCUT2D eigenvalue weighted by Crippen LogP contribution is 2.30. The molecule has 1 aliphatic rings. The second-order valence-corrected chi connectivity index (χ2v) is 6.29. The van der Waals surface area contributed by atoms with E-state index in [4.69, 9.17) is 9.84 Å². The van der Waals surface area contributed by atoms with Crippen LogP contribution in [-0.2, 0) is 0 Å². The second kappa shape index (κ2) is 6.35. The topological polar surface area (TPSA) is 61.8 Å². The van der Waals surface area contributed by atoms with E-state index in [0.717, 1.165) is 12.8 Å². The van der Waals surface area contributed by atoms with Crippen molar-refractivity contribution in [3.05, 3.63) is 24.3 Å². The van der Waals surface area contributed by atoms with E-state index in [1.54, 1.807) is 4.90 Å². The first-order valence-corrected chi connectivity index (χ1v) is 7.37. The molecule has 5 nitrogen and oxygen atoms in total. The molecule has 0 heterocycles. The summed E-state index contributed by atoms with van der Waals surface area (Å²) in [4.78, 5) is 14.0. The lowest BCUT2D eigenvalue weighted by Crippen LogP contribution is -2.38. The Morgan fingerprint density at radius 2 is 2.05 bits per heavy atom. The van der Waals surface area contributed by atoms with E-state index < -0.39 is 0 Å². The predicted octanol–water partition coefficient (Wildman–Crippen LogP) is 2.85. The van der Waals surface area contributed by atoms with Gasteiger partial charge in [-0.3, -0.25) is 0 Å². The third-order valence-corrected chi connectivity index (χ3v) is 3.13. The fourth-order valence-corrected chi connectivity index (χ4v) is 2.12. The molecule has 21 heavy (non-hydrogen) atoms. The Morgan fingerprint density at radius 1 is 1.38 bits per heavy atom. The van der Waals surface area contributed by atoms with Gasteiger partial charge < -0.3 is 20.1 Å². The van der Waals surface area contributed by atoms with Gasteiger partial charge in [-0.15, -0.1) is 0 Å². The van der Waals surface area contributed by atoms with Crippen LogP contribution in [0.3, 0.4) is 0 Å². The van der Waals surface area contributed by atoms with Gasteiger partial charge in [0, 0.05) is 12.6 Å². The number of nitrogens with zero attached hydrogens (tertiary/aromatic N) is 1. The van der Waals surface area contributed by atoms with Gasteiger partial charge in [-0.1, -0.05) is 12.1 Å². The number of anilines is 1. The molecule has 2 amide bonds. The normalized spacial score (nSPS) is 14.7. The molecule has 0 radical (unpaired) electrons. The molecule has 1 saturated carbocycles. The maximum absolute atomic E-state index is 12.4. The summed E-state index contributed by atoms with van der Waals surface area (Å²) in [7, 11) is 0. The Morgan fingerprint density at radius 3 is 2.62 bits per heavy atom. The standard InChI is InChI=1S/C16H24N2O3/c1-16(2,3)21-14-7-5-4-6-13(14)17-15(20)18(10-11-19)12-8-9-12/h4-7,12,19H,8-11H2,1-3H3,(H,17,20). The van der Waals surface area contributed by atoms with Crippen molar-refractivity contribution in [3.63, 3.8) is 0 Å². The number of aliphatic hydroxyl groups excluding tert-OH is 1. The molecule has 0 aromatic heterocycles. The van der Waals surface area contributed by atoms with Crippen LogP contribution in [0.25, 0.3) is 0 Å². The van der Waals surface area contributed by atoms with Gasteiger partial charge in [-0.05, 0) is 45.7 Å². The molecule has 116 valence electrons. The van der Waals surface area contributed by atoms with Crippen LogP contribution < -0.4 is 10.1 Å². The molecular weight excluding hydrogens is 268 g/mol. The van der Waals surface area contributed by atoms with E-state index >= 15 is 0 Å². The van der Waals surface area contributed by atoms with Crippen molar-refractivity contribution >= 4 is 11.7 Å². The van der Waals surface area contributed by atoms with Gasteiger partial charge in [0.15, 0.2) is 0 Å². The maximum atomic E-state index is 12.4. The number of hydrogen-bond donors (Lipinski definition) is 2. The molecular formula is C16H24N2O3. The minimum atomic E-state index is -0.331. The molecule has 1 fully saturated rings. The number of carbonyl (C=O) groups excluding carboxylic acids is 1. The second-order valence-electron chi connectivity index (χ2n) is 6.29. The van der Waals surface area contributed by atoms with Gasteiger partial charge in [-0.25, -0.2) is 4.79 Å². The van der Waals surface area contributed by atoms with E-state index in [-0.39, 0.29) is 24.3 Å². The zero-order valence-electron chi connectivity index (χ0n) is 12.9. The van der Waals surface area contributed by atoms with Crippen molar-refractivity contribution in [2.24, 2.45) is 0 Å². The van der Waals surface area contributed by atoms with Gasteiger partial charge in [0.1, 0.15) is 11.4 Å². The predicted molar refractivity (Wildman–Crippen MR) is 82.7 cm³/mol. The number of benzene rings is 1. The molecule has 0 atom stereocenters. The number of ether oxygens (including phenoxy) is 1. The highest BCUT2D eigenvalue weighted by Gasteiger charge is 2.32. The highest BCUT2D eigenvalue weighted by molar-refractivity contribution is 5.91. The van der Waals surface area contributed by atoms with Crippen molar-refractivity contribution in [1.82, 2.24) is 4.90 Å². The number of para-hydroxylation sites is 2. The molecule has 0 aliphatic heterocycles. The lowest BCUT2D eigenvalue weighted by molar-refractivity contribution is 0.131. The van der Waals surface area contributed by atoms with Gasteiger partial charge in [-0.2, -0.15) is 0 Å². The summed E-state index contributed by atoms with van der Waals surface area (Å²) in [5, 5.41) is 12.0. The van der Waals surface area contributed by atoms with Crippen LogP contribution in [0.2, 0.25) is 0 Å². The van der Waals surface area contributed by atoms with Crippen molar-refractivity contribution < 1.29 is 14.6 Å². The molecule has 0 spiro atoms. The zero-order chi connectivity index (χ0) is 15.5. The van der Waals surface area contributed by atoms with E-state index in [1.807, 2.05) is 45.0 Å². The van der Waals surface area contributed by atoms with Crippen LogP contribution >= 0.6 is 0 Å². The number of urea groups is 1. The Kier molecular flexibility index (Phi) is 4.73. The van der Waals surface area contributed by atoms with Gasteiger partial charge in [0.05, 0.1) is 12.3 Å². The molecule has 5 heteroatoms. The molecule has 2 rings (SSSR count). The van der Waals surface area contributed by atoms with Crippen LogP contribution in [0, 0.1) is 0 Å². The van der Waals surface area contributed by atoms with Crippen LogP contribution in [0.15, 0.2) is 24.3 Å². The molecule has 0 bridgehead atoms. The summed E-state index contributed by atoms with van der Waals surface area (Å²) < 4.78 is 5.87. The third kappa shape index (κ3) is 4.63. The summed E-state index contributed by atoms with van der Waals surface area (Å²) in [6.07, 6.45) is 2.01. The largest absolute Gasteiger partial charge is 0.486 e. The van der Waals surface area contributed by atoms with Crippen molar-refractivity contribution in [2.45, 2.75) is 45.3 Å².